The highest BCUT2D eigenvalue weighted by molar-refractivity contribution is 5.82. The fourth-order valence-corrected chi connectivity index (χ4v) is 2.79. The summed E-state index contributed by atoms with van der Waals surface area (Å²) in [7, 11) is 1.15. The summed E-state index contributed by atoms with van der Waals surface area (Å²) in [4.78, 5) is 31.1. The predicted molar refractivity (Wildman–Crippen MR) is 94.9 cm³/mol. The van der Waals surface area contributed by atoms with E-state index in [2.05, 4.69) is 4.98 Å². The van der Waals surface area contributed by atoms with Crippen molar-refractivity contribution in [2.75, 3.05) is 31.6 Å². The number of carbonyl (C=O) groups is 2. The van der Waals surface area contributed by atoms with Crippen molar-refractivity contribution in [3.8, 4) is 6.07 Å². The zero-order valence-corrected chi connectivity index (χ0v) is 16.4. The van der Waals surface area contributed by atoms with Gasteiger partial charge in [0.25, 0.3) is 0 Å². The average molecular weight is 414 g/mol. The summed E-state index contributed by atoms with van der Waals surface area (Å²) in [5, 5.41) is 9.30. The third-order valence-corrected chi connectivity index (χ3v) is 4.09. The Morgan fingerprint density at radius 2 is 1.93 bits per heavy atom. The van der Waals surface area contributed by atoms with E-state index in [1.165, 1.54) is 9.80 Å². The van der Waals surface area contributed by atoms with Crippen LogP contribution in [-0.4, -0.2) is 60.3 Å². The number of rotatable bonds is 2. The molecule has 1 amide bonds. The van der Waals surface area contributed by atoms with Crippen LogP contribution in [-0.2, 0) is 20.4 Å². The topological polar surface area (TPSA) is 95.8 Å². The number of esters is 1. The highest BCUT2D eigenvalue weighted by Gasteiger charge is 2.39. The van der Waals surface area contributed by atoms with Crippen LogP contribution in [0, 0.1) is 11.3 Å². The largest absolute Gasteiger partial charge is 0.467 e. The number of alkyl halides is 3. The van der Waals surface area contributed by atoms with E-state index in [1.807, 2.05) is 0 Å². The van der Waals surface area contributed by atoms with Crippen molar-refractivity contribution >= 4 is 17.9 Å². The molecule has 8 nitrogen and oxygen atoms in total. The number of nitrogens with zero attached hydrogens (tertiary/aromatic N) is 4. The van der Waals surface area contributed by atoms with Gasteiger partial charge >= 0.3 is 18.2 Å². The van der Waals surface area contributed by atoms with Crippen molar-refractivity contribution in [2.24, 2.45) is 0 Å². The van der Waals surface area contributed by atoms with E-state index < -0.39 is 35.4 Å². The van der Waals surface area contributed by atoms with Crippen molar-refractivity contribution < 1.29 is 32.2 Å². The van der Waals surface area contributed by atoms with Crippen LogP contribution >= 0.6 is 0 Å². The van der Waals surface area contributed by atoms with Gasteiger partial charge in [-0.15, -0.1) is 0 Å². The number of aromatic nitrogens is 1. The maximum atomic E-state index is 12.9. The molecular formula is C18H21F3N4O4. The zero-order chi connectivity index (χ0) is 22.0. The molecule has 1 atom stereocenters. The standard InChI is InChI=1S/C18H21F3N4O4/c1-17(2,3)29-16(27)24-5-6-25(13(10-24)15(26)28-4)14-11(8-22)7-12(9-23-14)18(19,20)21/h7,9,13H,5-6,10H2,1-4H3/t13-/m1/s1. The van der Waals surface area contributed by atoms with Crippen LogP contribution in [0.3, 0.4) is 0 Å². The van der Waals surface area contributed by atoms with Crippen LogP contribution < -0.4 is 4.90 Å². The molecule has 0 aromatic carbocycles. The minimum Gasteiger partial charge on any atom is -0.467 e. The number of pyridine rings is 1. The number of halogens is 3. The molecule has 1 fully saturated rings. The number of hydrogen-bond donors (Lipinski definition) is 0. The minimum absolute atomic E-state index is 0.0477. The Labute approximate surface area is 165 Å². The van der Waals surface area contributed by atoms with Gasteiger partial charge in [0.05, 0.1) is 24.8 Å². The first kappa shape index (κ1) is 22.3. The lowest BCUT2D eigenvalue weighted by Gasteiger charge is -2.40. The number of ether oxygens (including phenoxy) is 2. The summed E-state index contributed by atoms with van der Waals surface area (Å²) < 4.78 is 48.8. The molecule has 158 valence electrons. The number of piperazine rings is 1. The van der Waals surface area contributed by atoms with Crippen molar-refractivity contribution in [3.63, 3.8) is 0 Å². The van der Waals surface area contributed by atoms with E-state index in [4.69, 9.17) is 9.47 Å². The number of anilines is 1. The molecule has 29 heavy (non-hydrogen) atoms. The normalized spacial score (nSPS) is 17.5. The second kappa shape index (κ2) is 8.14. The quantitative estimate of drug-likeness (QED) is 0.687. The van der Waals surface area contributed by atoms with Gasteiger partial charge in [0.2, 0.25) is 0 Å². The molecule has 2 heterocycles. The van der Waals surface area contributed by atoms with Crippen LogP contribution in [0.5, 0.6) is 0 Å². The molecule has 0 saturated carbocycles. The first-order chi connectivity index (χ1) is 13.4. The monoisotopic (exact) mass is 414 g/mol. The van der Waals surface area contributed by atoms with Gasteiger partial charge < -0.3 is 19.3 Å². The van der Waals surface area contributed by atoms with Gasteiger partial charge in [-0.05, 0) is 26.8 Å². The molecular weight excluding hydrogens is 393 g/mol. The van der Waals surface area contributed by atoms with Crippen LogP contribution in [0.15, 0.2) is 12.3 Å². The molecule has 0 spiro atoms. The van der Waals surface area contributed by atoms with E-state index in [9.17, 15) is 28.0 Å². The Kier molecular flexibility index (Phi) is 6.25. The zero-order valence-electron chi connectivity index (χ0n) is 16.4. The molecule has 1 aromatic rings. The van der Waals surface area contributed by atoms with E-state index in [1.54, 1.807) is 26.8 Å². The Morgan fingerprint density at radius 3 is 2.45 bits per heavy atom. The molecule has 0 N–H and O–H groups in total. The van der Waals surface area contributed by atoms with Crippen molar-refractivity contribution in [3.05, 3.63) is 23.4 Å². The Bertz CT molecular complexity index is 830. The molecule has 0 aliphatic carbocycles. The van der Waals surface area contributed by atoms with E-state index in [0.29, 0.717) is 12.3 Å². The van der Waals surface area contributed by atoms with Crippen molar-refractivity contribution in [1.82, 2.24) is 9.88 Å². The number of amides is 1. The Balaban J connectivity index is 2.35. The fraction of sp³-hybridized carbons (Fsp3) is 0.556. The Morgan fingerprint density at radius 1 is 1.28 bits per heavy atom. The van der Waals surface area contributed by atoms with Crippen molar-refractivity contribution in [2.45, 2.75) is 38.6 Å². The van der Waals surface area contributed by atoms with E-state index in [-0.39, 0.29) is 31.0 Å². The van der Waals surface area contributed by atoms with Gasteiger partial charge in [0.15, 0.2) is 0 Å². The van der Waals surface area contributed by atoms with E-state index >= 15 is 0 Å². The maximum Gasteiger partial charge on any atom is 0.417 e. The molecule has 1 aliphatic heterocycles. The smallest absolute Gasteiger partial charge is 0.417 e. The van der Waals surface area contributed by atoms with Crippen LogP contribution in [0.1, 0.15) is 31.9 Å². The van der Waals surface area contributed by atoms with Crippen LogP contribution in [0.4, 0.5) is 23.8 Å². The number of methoxy groups -OCH3 is 1. The van der Waals surface area contributed by atoms with Gasteiger partial charge in [-0.2, -0.15) is 18.4 Å². The summed E-state index contributed by atoms with van der Waals surface area (Å²) in [6.45, 7) is 5.13. The summed E-state index contributed by atoms with van der Waals surface area (Å²) in [5.41, 5.74) is -2.14. The first-order valence-electron chi connectivity index (χ1n) is 8.67. The van der Waals surface area contributed by atoms with Gasteiger partial charge in [-0.25, -0.2) is 14.6 Å². The predicted octanol–water partition coefficient (Wildman–Crippen LogP) is 2.57. The highest BCUT2D eigenvalue weighted by Crippen LogP contribution is 2.32. The number of carbonyl (C=O) groups excluding carboxylic acids is 2. The SMILES string of the molecule is COC(=O)[C@H]1CN(C(=O)OC(C)(C)C)CCN1c1ncc(C(F)(F)F)cc1C#N. The lowest BCUT2D eigenvalue weighted by Crippen LogP contribution is -2.59. The third-order valence-electron chi connectivity index (χ3n) is 4.09. The fourth-order valence-electron chi connectivity index (χ4n) is 2.79. The minimum atomic E-state index is -4.66. The molecule has 1 saturated heterocycles. The molecule has 0 bridgehead atoms. The Hall–Kier alpha value is -3.03. The molecule has 1 aromatic heterocycles. The third kappa shape index (κ3) is 5.28. The van der Waals surface area contributed by atoms with Gasteiger partial charge in [-0.1, -0.05) is 0 Å². The molecule has 0 unspecified atom stereocenters. The maximum absolute atomic E-state index is 12.9. The van der Waals surface area contributed by atoms with Gasteiger partial charge in [-0.3, -0.25) is 0 Å². The summed E-state index contributed by atoms with van der Waals surface area (Å²) in [6, 6.07) is 1.31. The van der Waals surface area contributed by atoms with Crippen LogP contribution in [0.25, 0.3) is 0 Å². The number of hydrogen-bond acceptors (Lipinski definition) is 7. The number of nitriles is 1. The van der Waals surface area contributed by atoms with E-state index in [0.717, 1.165) is 7.11 Å². The second-order valence-electron chi connectivity index (χ2n) is 7.36. The summed E-state index contributed by atoms with van der Waals surface area (Å²) >= 11 is 0. The first-order valence-corrected chi connectivity index (χ1v) is 8.67. The molecule has 11 heteroatoms. The molecule has 0 radical (unpaired) electrons. The summed E-state index contributed by atoms with van der Waals surface area (Å²) in [5.74, 6) is -0.802. The molecule has 1 aliphatic rings. The van der Waals surface area contributed by atoms with Gasteiger partial charge in [0.1, 0.15) is 23.5 Å². The van der Waals surface area contributed by atoms with Crippen LogP contribution in [0.2, 0.25) is 0 Å². The second-order valence-corrected chi connectivity index (χ2v) is 7.36. The lowest BCUT2D eigenvalue weighted by molar-refractivity contribution is -0.143. The van der Waals surface area contributed by atoms with Gasteiger partial charge in [0, 0.05) is 19.3 Å². The lowest BCUT2D eigenvalue weighted by atomic mass is 10.1. The molecule has 2 rings (SSSR count). The highest BCUT2D eigenvalue weighted by atomic mass is 19.4. The summed E-state index contributed by atoms with van der Waals surface area (Å²) in [6.07, 6.45) is -4.69. The van der Waals surface area contributed by atoms with Crippen molar-refractivity contribution in [1.29, 1.82) is 5.26 Å². The average Bonchev–Trinajstić information content (AvgIpc) is 2.64.